The summed E-state index contributed by atoms with van der Waals surface area (Å²) >= 11 is 0.480. The van der Waals surface area contributed by atoms with Crippen LogP contribution in [0.4, 0.5) is 5.95 Å². The van der Waals surface area contributed by atoms with Crippen molar-refractivity contribution in [1.82, 2.24) is 24.6 Å². The number of benzene rings is 2. The Bertz CT molecular complexity index is 1500. The van der Waals surface area contributed by atoms with E-state index < -0.39 is 20.5 Å². The third-order valence-corrected chi connectivity index (χ3v) is 9.04. The molecule has 0 spiro atoms. The molecule has 2 N–H and O–H groups in total. The third kappa shape index (κ3) is 6.72. The second kappa shape index (κ2) is 13.6. The van der Waals surface area contributed by atoms with Crippen LogP contribution in [-0.4, -0.2) is 84.0 Å². The molecule has 14 heteroatoms. The van der Waals surface area contributed by atoms with Crippen LogP contribution in [0.1, 0.15) is 33.4 Å². The average Bonchev–Trinajstić information content (AvgIpc) is 3.58. The van der Waals surface area contributed by atoms with Gasteiger partial charge in [0.15, 0.2) is 0 Å². The first-order chi connectivity index (χ1) is 19.9. The molecule has 0 amide bonds. The molecular formula is C27H32N6O6PTl. The standard InChI is InChI=1S/C27H32N6O6P.Tl/c1-5-36-24-22-23(30-27(28)31-24)33(15-29-22)25-16(2)13-19(38-25)14-37-40(32-17(3)26(34)35-4)39-21-12-8-10-18-9-6-7-11-20(18)21;/h6-12,15-17,19,25,32H,5,13-14H2,1-4H3,(H-,28,30,31);/q-1;+1. The minimum atomic E-state index is -1.71. The van der Waals surface area contributed by atoms with Gasteiger partial charge in [-0.05, 0) is 18.4 Å². The number of aromatic nitrogens is 4. The summed E-state index contributed by atoms with van der Waals surface area (Å²) in [5.74, 6) is 1.38. The molecular weight excluding hydrogens is 740 g/mol. The van der Waals surface area contributed by atoms with Gasteiger partial charge in [0.25, 0.3) is 0 Å². The van der Waals surface area contributed by atoms with Crippen LogP contribution in [0.3, 0.4) is 0 Å². The van der Waals surface area contributed by atoms with Crippen LogP contribution in [0.25, 0.3) is 21.9 Å². The Labute approximate surface area is 255 Å². The third-order valence-electron chi connectivity index (χ3n) is 6.69. The molecule has 1 aliphatic rings. The number of hydrogen-bond acceptors (Lipinski definition) is 11. The van der Waals surface area contributed by atoms with E-state index in [0.29, 0.717) is 61.4 Å². The Morgan fingerprint density at radius 1 is 1.24 bits per heavy atom. The number of nitrogens with one attached hydrogen (secondary N) is 2. The second-order valence-electron chi connectivity index (χ2n) is 9.61. The fourth-order valence-corrected chi connectivity index (χ4v) is 6.48. The van der Waals surface area contributed by atoms with Crippen LogP contribution in [0.15, 0.2) is 48.8 Å². The number of fused-ring (bicyclic) bond motifs is 2. The molecule has 3 heterocycles. The molecule has 214 valence electrons. The van der Waals surface area contributed by atoms with Crippen LogP contribution in [0.2, 0.25) is 0 Å². The Morgan fingerprint density at radius 2 is 2.05 bits per heavy atom. The Kier molecular flexibility index (Phi) is 9.86. The van der Waals surface area contributed by atoms with Crippen LogP contribution in [-0.2, 0) is 18.8 Å². The Balaban J connectivity index is 1.32. The monoisotopic (exact) mass is 772 g/mol. The number of carbonyl (C=O) groups excluding carboxylic acids is 1. The normalized spacial score (nSPS) is 20.1. The van der Waals surface area contributed by atoms with Gasteiger partial charge in [-0.15, -0.1) is 0 Å². The Hall–Kier alpha value is -2.65. The number of rotatable bonds is 12. The van der Waals surface area contributed by atoms with E-state index >= 15 is 0 Å². The molecule has 5 unspecified atom stereocenters. The summed E-state index contributed by atoms with van der Waals surface area (Å²) in [5, 5.41) is 5.15. The van der Waals surface area contributed by atoms with E-state index in [-0.39, 0.29) is 24.9 Å². The zero-order valence-electron chi connectivity index (χ0n) is 23.3. The van der Waals surface area contributed by atoms with Crippen molar-refractivity contribution in [2.75, 3.05) is 23.4 Å². The molecule has 2 aromatic heterocycles. The van der Waals surface area contributed by atoms with Gasteiger partial charge in [-0.3, -0.25) is 4.79 Å². The van der Waals surface area contributed by atoms with Crippen LogP contribution < -0.4 is 17.5 Å². The van der Waals surface area contributed by atoms with Gasteiger partial charge in [-0.2, -0.15) is 0 Å². The van der Waals surface area contributed by atoms with Crippen molar-refractivity contribution in [3.05, 3.63) is 48.8 Å². The van der Waals surface area contributed by atoms with E-state index in [1.165, 1.54) is 7.11 Å². The molecule has 5 atom stereocenters. The SMILES string of the molecule is CCOc1nc([NH][Tl])nc2c1ncn2C1OC(COP(NC(C)C(=O)OC)Oc2cccc3ccccc23)CC1C. The maximum atomic E-state index is 12.2. The summed E-state index contributed by atoms with van der Waals surface area (Å²) in [6, 6.07) is 13.2. The van der Waals surface area contributed by atoms with Crippen molar-refractivity contribution in [3.63, 3.8) is 0 Å². The van der Waals surface area contributed by atoms with Gasteiger partial charge in [0, 0.05) is 5.39 Å². The number of esters is 1. The molecule has 1 fully saturated rings. The minimum absolute atomic E-state index is 0.160. The fraction of sp³-hybridized carbons (Fsp3) is 0.407. The topological polar surface area (TPSA) is 131 Å². The zero-order chi connectivity index (χ0) is 28.9. The van der Waals surface area contributed by atoms with Gasteiger partial charge in [0.1, 0.15) is 11.8 Å². The zero-order valence-corrected chi connectivity index (χ0v) is 28.7. The van der Waals surface area contributed by atoms with E-state index in [0.717, 1.165) is 17.2 Å². The van der Waals surface area contributed by atoms with Crippen molar-refractivity contribution in [2.45, 2.75) is 45.6 Å². The average molecular weight is 772 g/mol. The van der Waals surface area contributed by atoms with E-state index in [1.54, 1.807) is 13.3 Å². The first-order valence-electron chi connectivity index (χ1n) is 13.3. The van der Waals surface area contributed by atoms with Crippen molar-refractivity contribution < 1.29 is 28.1 Å². The van der Waals surface area contributed by atoms with Gasteiger partial charge in [0.2, 0.25) is 0 Å². The van der Waals surface area contributed by atoms with Crippen molar-refractivity contribution >= 4 is 68.4 Å². The number of carbonyl (C=O) groups is 1. The number of methoxy groups -OCH3 is 1. The van der Waals surface area contributed by atoms with Crippen molar-refractivity contribution in [2.24, 2.45) is 5.92 Å². The predicted octanol–water partition coefficient (Wildman–Crippen LogP) is 4.27. The molecule has 0 bridgehead atoms. The molecule has 0 saturated carbocycles. The van der Waals surface area contributed by atoms with Gasteiger partial charge in [0.05, 0.1) is 7.11 Å². The first-order valence-corrected chi connectivity index (χ1v) is 16.8. The van der Waals surface area contributed by atoms with Crippen LogP contribution in [0.5, 0.6) is 11.6 Å². The summed E-state index contributed by atoms with van der Waals surface area (Å²) < 4.78 is 34.7. The van der Waals surface area contributed by atoms with E-state index in [1.807, 2.05) is 54.0 Å². The number of imidazole rings is 1. The van der Waals surface area contributed by atoms with E-state index in [2.05, 4.69) is 30.1 Å². The molecule has 1 aliphatic heterocycles. The second-order valence-corrected chi connectivity index (χ2v) is 11.9. The molecule has 4 aromatic rings. The number of ether oxygens (including phenoxy) is 3. The molecule has 12 nitrogen and oxygen atoms in total. The maximum absolute atomic E-state index is 12.2. The van der Waals surface area contributed by atoms with Gasteiger partial charge in [-0.1, -0.05) is 36.4 Å². The summed E-state index contributed by atoms with van der Waals surface area (Å²) in [6.07, 6.45) is 1.97. The predicted molar refractivity (Wildman–Crippen MR) is 156 cm³/mol. The van der Waals surface area contributed by atoms with Gasteiger partial charge < -0.3 is 4.74 Å². The molecule has 5 rings (SSSR count). The van der Waals surface area contributed by atoms with Crippen molar-refractivity contribution in [3.8, 4) is 11.6 Å². The molecule has 41 heavy (non-hydrogen) atoms. The summed E-state index contributed by atoms with van der Waals surface area (Å²) in [6.45, 7) is 6.49. The Morgan fingerprint density at radius 3 is 2.83 bits per heavy atom. The van der Waals surface area contributed by atoms with Gasteiger partial charge >= 0.3 is 168 Å². The molecule has 2 aromatic carbocycles. The van der Waals surface area contributed by atoms with Gasteiger partial charge in [-0.25, -0.2) is 0 Å². The van der Waals surface area contributed by atoms with Crippen molar-refractivity contribution in [1.29, 1.82) is 0 Å². The van der Waals surface area contributed by atoms with E-state index in [4.69, 9.17) is 23.3 Å². The number of nitrogens with zero attached hydrogens (tertiary/aromatic N) is 4. The first kappa shape index (κ1) is 29.8. The number of anilines is 1. The van der Waals surface area contributed by atoms with Crippen LogP contribution >= 0.6 is 8.53 Å². The summed E-state index contributed by atoms with van der Waals surface area (Å²) in [7, 11) is -0.358. The quantitative estimate of drug-likeness (QED) is 0.122. The number of hydrogen-bond donors (Lipinski definition) is 2. The summed E-state index contributed by atoms with van der Waals surface area (Å²) in [4.78, 5) is 25.8. The molecule has 0 aliphatic carbocycles. The molecule has 0 radical (unpaired) electrons. The van der Waals surface area contributed by atoms with E-state index in [9.17, 15) is 4.79 Å². The summed E-state index contributed by atoms with van der Waals surface area (Å²) in [5.41, 5.74) is 1.25. The molecule has 1 saturated heterocycles. The van der Waals surface area contributed by atoms with Crippen LogP contribution in [0, 0.1) is 5.92 Å². The fourth-order valence-electron chi connectivity index (χ4n) is 4.74.